The van der Waals surface area contributed by atoms with Crippen LogP contribution in [0.1, 0.15) is 19.2 Å². The molecule has 1 N–H and O–H groups in total. The van der Waals surface area contributed by atoms with Crippen LogP contribution in [0.15, 0.2) is 59.1 Å². The van der Waals surface area contributed by atoms with Crippen molar-refractivity contribution in [2.24, 2.45) is 0 Å². The van der Waals surface area contributed by atoms with Crippen molar-refractivity contribution in [2.75, 3.05) is 19.8 Å². The number of carbonyl (C=O) groups excluding carboxylic acids is 1. The fraction of sp³-hybridized carbons (Fsp3) is 0.273. The molecular formula is C22H23ClN2O4. The summed E-state index contributed by atoms with van der Waals surface area (Å²) in [6.07, 6.45) is 2.32. The summed E-state index contributed by atoms with van der Waals surface area (Å²) in [6.45, 7) is 3.37. The lowest BCUT2D eigenvalue weighted by Gasteiger charge is -2.08. The van der Waals surface area contributed by atoms with Gasteiger partial charge in [0.15, 0.2) is 11.7 Å². The molecule has 3 rings (SSSR count). The third-order valence-corrected chi connectivity index (χ3v) is 4.42. The van der Waals surface area contributed by atoms with Gasteiger partial charge >= 0.3 is 0 Å². The number of oxazole rings is 1. The maximum atomic E-state index is 12.0. The summed E-state index contributed by atoms with van der Waals surface area (Å²) in [4.78, 5) is 16.2. The van der Waals surface area contributed by atoms with Crippen molar-refractivity contribution in [1.29, 1.82) is 0 Å². The molecule has 3 aromatic rings. The van der Waals surface area contributed by atoms with Gasteiger partial charge < -0.3 is 19.2 Å². The summed E-state index contributed by atoms with van der Waals surface area (Å²) in [5.74, 6) is 2.54. The van der Waals surface area contributed by atoms with Crippen LogP contribution in [-0.2, 0) is 11.2 Å². The first kappa shape index (κ1) is 20.7. The van der Waals surface area contributed by atoms with Gasteiger partial charge in [-0.15, -0.1) is 0 Å². The Hall–Kier alpha value is -2.99. The molecule has 0 aliphatic rings. The molecule has 1 amide bonds. The normalized spacial score (nSPS) is 10.6. The van der Waals surface area contributed by atoms with E-state index in [2.05, 4.69) is 10.3 Å². The third-order valence-electron chi connectivity index (χ3n) is 4.09. The highest BCUT2D eigenvalue weighted by Gasteiger charge is 2.11. The van der Waals surface area contributed by atoms with Crippen molar-refractivity contribution in [2.45, 2.75) is 19.8 Å². The monoisotopic (exact) mass is 414 g/mol. The maximum absolute atomic E-state index is 12.0. The number of halogens is 1. The van der Waals surface area contributed by atoms with Crippen LogP contribution >= 0.6 is 11.6 Å². The number of aromatic nitrogens is 1. The lowest BCUT2D eigenvalue weighted by atomic mass is 10.2. The first-order valence-electron chi connectivity index (χ1n) is 9.47. The number of ether oxygens (including phenoxy) is 2. The molecule has 29 heavy (non-hydrogen) atoms. The highest BCUT2D eigenvalue weighted by molar-refractivity contribution is 6.33. The number of nitrogens with zero attached hydrogens (tertiary/aromatic N) is 1. The van der Waals surface area contributed by atoms with Gasteiger partial charge in [-0.3, -0.25) is 4.79 Å². The van der Waals surface area contributed by atoms with Crippen LogP contribution in [0.2, 0.25) is 5.02 Å². The van der Waals surface area contributed by atoms with E-state index in [1.165, 1.54) is 0 Å². The highest BCUT2D eigenvalue weighted by atomic mass is 35.5. The Morgan fingerprint density at radius 1 is 1.10 bits per heavy atom. The third kappa shape index (κ3) is 6.26. The number of hydrogen-bond acceptors (Lipinski definition) is 5. The summed E-state index contributed by atoms with van der Waals surface area (Å²) in [7, 11) is 0. The molecule has 0 fully saturated rings. The molecule has 0 unspecified atom stereocenters. The van der Waals surface area contributed by atoms with E-state index in [4.69, 9.17) is 25.5 Å². The summed E-state index contributed by atoms with van der Waals surface area (Å²) in [5.41, 5.74) is 0.781. The smallest absolute Gasteiger partial charge is 0.220 e. The molecule has 0 aliphatic carbocycles. The minimum Gasteiger partial charge on any atom is -0.494 e. The second-order valence-electron chi connectivity index (χ2n) is 6.20. The van der Waals surface area contributed by atoms with Crippen molar-refractivity contribution in [3.8, 4) is 22.8 Å². The van der Waals surface area contributed by atoms with Gasteiger partial charge in [-0.1, -0.05) is 23.7 Å². The van der Waals surface area contributed by atoms with Crippen molar-refractivity contribution in [3.63, 3.8) is 0 Å². The van der Waals surface area contributed by atoms with Gasteiger partial charge in [0.05, 0.1) is 24.4 Å². The Kier molecular flexibility index (Phi) is 7.53. The average molecular weight is 415 g/mol. The number of carbonyl (C=O) groups is 1. The number of aryl methyl sites for hydroxylation is 1. The molecule has 0 saturated heterocycles. The quantitative estimate of drug-likeness (QED) is 0.494. The molecule has 6 nitrogen and oxygen atoms in total. The first-order valence-corrected chi connectivity index (χ1v) is 9.85. The number of amides is 1. The number of hydrogen-bond donors (Lipinski definition) is 1. The van der Waals surface area contributed by atoms with Gasteiger partial charge in [0.1, 0.15) is 18.1 Å². The summed E-state index contributed by atoms with van der Waals surface area (Å²) < 4.78 is 16.7. The SMILES string of the molecule is CCOc1ccc(OCCNC(=O)CCc2ncc(-c3ccccc3Cl)o2)cc1. The standard InChI is InChI=1S/C22H23ClN2O4/c1-2-27-16-7-9-17(10-8-16)28-14-13-24-21(26)11-12-22-25-15-20(29-22)18-5-3-4-6-19(18)23/h3-10,15H,2,11-14H2,1H3,(H,24,26). The fourth-order valence-electron chi connectivity index (χ4n) is 2.68. The summed E-state index contributed by atoms with van der Waals surface area (Å²) in [5, 5.41) is 3.42. The van der Waals surface area contributed by atoms with E-state index < -0.39 is 0 Å². The van der Waals surface area contributed by atoms with Gasteiger partial charge in [0.25, 0.3) is 0 Å². The van der Waals surface area contributed by atoms with Gasteiger partial charge in [0.2, 0.25) is 5.91 Å². The highest BCUT2D eigenvalue weighted by Crippen LogP contribution is 2.28. The summed E-state index contributed by atoms with van der Waals surface area (Å²) >= 11 is 6.16. The van der Waals surface area contributed by atoms with E-state index >= 15 is 0 Å². The van der Waals surface area contributed by atoms with Gasteiger partial charge in [-0.2, -0.15) is 0 Å². The van der Waals surface area contributed by atoms with Crippen LogP contribution in [0.5, 0.6) is 11.5 Å². The molecule has 0 spiro atoms. The molecule has 1 heterocycles. The molecular weight excluding hydrogens is 392 g/mol. The van der Waals surface area contributed by atoms with Crippen LogP contribution in [0.4, 0.5) is 0 Å². The molecule has 2 aromatic carbocycles. The van der Waals surface area contributed by atoms with Gasteiger partial charge in [-0.05, 0) is 43.3 Å². The largest absolute Gasteiger partial charge is 0.494 e. The lowest BCUT2D eigenvalue weighted by molar-refractivity contribution is -0.121. The van der Waals surface area contributed by atoms with Crippen molar-refractivity contribution >= 4 is 17.5 Å². The molecule has 7 heteroatoms. The Labute approximate surface area is 174 Å². The number of nitrogens with one attached hydrogen (secondary N) is 1. The van der Waals surface area contributed by atoms with Crippen molar-refractivity contribution in [1.82, 2.24) is 10.3 Å². The van der Waals surface area contributed by atoms with Crippen LogP contribution in [0, 0.1) is 0 Å². The van der Waals surface area contributed by atoms with E-state index in [1.807, 2.05) is 49.4 Å². The second kappa shape index (κ2) is 10.5. The first-order chi connectivity index (χ1) is 14.2. The van der Waals surface area contributed by atoms with Gasteiger partial charge in [0, 0.05) is 18.4 Å². The zero-order valence-electron chi connectivity index (χ0n) is 16.2. The minimum atomic E-state index is -0.0854. The van der Waals surface area contributed by atoms with E-state index in [-0.39, 0.29) is 12.3 Å². The topological polar surface area (TPSA) is 73.6 Å². The Morgan fingerprint density at radius 2 is 1.83 bits per heavy atom. The lowest BCUT2D eigenvalue weighted by Crippen LogP contribution is -2.28. The van der Waals surface area contributed by atoms with Gasteiger partial charge in [-0.25, -0.2) is 4.98 Å². The van der Waals surface area contributed by atoms with E-state index in [1.54, 1.807) is 12.3 Å². The molecule has 0 aliphatic heterocycles. The molecule has 1 aromatic heterocycles. The maximum Gasteiger partial charge on any atom is 0.220 e. The predicted molar refractivity (Wildman–Crippen MR) is 111 cm³/mol. The van der Waals surface area contributed by atoms with E-state index in [0.29, 0.717) is 42.9 Å². The molecule has 0 bridgehead atoms. The fourth-order valence-corrected chi connectivity index (χ4v) is 2.91. The van der Waals surface area contributed by atoms with Crippen LogP contribution < -0.4 is 14.8 Å². The predicted octanol–water partition coefficient (Wildman–Crippen LogP) is 4.52. The van der Waals surface area contributed by atoms with Crippen LogP contribution in [-0.4, -0.2) is 30.6 Å². The van der Waals surface area contributed by atoms with Crippen molar-refractivity contribution < 1.29 is 18.7 Å². The average Bonchev–Trinajstić information content (AvgIpc) is 3.20. The molecule has 0 radical (unpaired) electrons. The van der Waals surface area contributed by atoms with Crippen LogP contribution in [0.25, 0.3) is 11.3 Å². The van der Waals surface area contributed by atoms with E-state index in [0.717, 1.165) is 17.1 Å². The number of rotatable bonds is 10. The van der Waals surface area contributed by atoms with E-state index in [9.17, 15) is 4.79 Å². The zero-order chi connectivity index (χ0) is 20.5. The Bertz CT molecular complexity index is 925. The Morgan fingerprint density at radius 3 is 2.55 bits per heavy atom. The molecule has 0 atom stereocenters. The van der Waals surface area contributed by atoms with Crippen molar-refractivity contribution in [3.05, 3.63) is 65.6 Å². The van der Waals surface area contributed by atoms with Crippen LogP contribution in [0.3, 0.4) is 0 Å². The zero-order valence-corrected chi connectivity index (χ0v) is 16.9. The molecule has 152 valence electrons. The number of benzene rings is 2. The summed E-state index contributed by atoms with van der Waals surface area (Å²) in [6, 6.07) is 14.8. The second-order valence-corrected chi connectivity index (χ2v) is 6.61. The molecule has 0 saturated carbocycles. The Balaban J connectivity index is 1.37. The minimum absolute atomic E-state index is 0.0854.